The summed E-state index contributed by atoms with van der Waals surface area (Å²) in [5.74, 6) is 0.561. The second-order valence-electron chi connectivity index (χ2n) is 6.47. The van der Waals surface area contributed by atoms with Gasteiger partial charge in [-0.25, -0.2) is 14.4 Å². The van der Waals surface area contributed by atoms with Gasteiger partial charge in [0.05, 0.1) is 0 Å². The number of nitrogens with zero attached hydrogens (tertiary/aromatic N) is 3. The molecule has 4 rings (SSSR count). The summed E-state index contributed by atoms with van der Waals surface area (Å²) in [6.07, 6.45) is 0.838. The number of aromatic nitrogens is 2. The number of nitrogens with one attached hydrogen (secondary N) is 1. The molecule has 0 bridgehead atoms. The highest BCUT2D eigenvalue weighted by molar-refractivity contribution is 6.06. The van der Waals surface area contributed by atoms with Crippen LogP contribution in [0.2, 0.25) is 0 Å². The molecule has 0 saturated heterocycles. The lowest BCUT2D eigenvalue weighted by Crippen LogP contribution is -2.30. The molecule has 0 spiro atoms. The number of anilines is 2. The molecule has 1 aliphatic heterocycles. The molecule has 6 heteroatoms. The van der Waals surface area contributed by atoms with Gasteiger partial charge in [-0.2, -0.15) is 0 Å². The lowest BCUT2D eigenvalue weighted by Gasteiger charge is -2.17. The molecule has 1 aromatic heterocycles. The maximum atomic E-state index is 13.8. The lowest BCUT2D eigenvalue weighted by molar-refractivity contribution is 0.0984. The smallest absolute Gasteiger partial charge is 0.277 e. The van der Waals surface area contributed by atoms with Crippen molar-refractivity contribution in [1.29, 1.82) is 0 Å². The molecular weight excluding hydrogens is 343 g/mol. The van der Waals surface area contributed by atoms with Crippen LogP contribution in [0.5, 0.6) is 0 Å². The van der Waals surface area contributed by atoms with Crippen LogP contribution in [0, 0.1) is 12.7 Å². The zero-order chi connectivity index (χ0) is 18.8. The van der Waals surface area contributed by atoms with Gasteiger partial charge in [0, 0.05) is 30.4 Å². The number of amides is 1. The minimum atomic E-state index is -0.277. The number of aryl methyl sites for hydroxylation is 1. The molecule has 0 fully saturated rings. The standard InChI is InChI=1S/C21H19FN4O/c1-14-24-18(21(27)26-11-10-15-6-3-5-9-19(15)26)12-20(25-14)23-13-16-7-2-4-8-17(16)22/h2-9,12H,10-11,13H2,1H3,(H,23,24,25). The summed E-state index contributed by atoms with van der Waals surface area (Å²) < 4.78 is 13.8. The van der Waals surface area contributed by atoms with E-state index in [0.717, 1.165) is 17.7 Å². The number of carbonyl (C=O) groups is 1. The van der Waals surface area contributed by atoms with Gasteiger partial charge in [-0.3, -0.25) is 4.79 Å². The summed E-state index contributed by atoms with van der Waals surface area (Å²) in [6, 6.07) is 16.1. The quantitative estimate of drug-likeness (QED) is 0.768. The predicted octanol–water partition coefficient (Wildman–Crippen LogP) is 3.74. The Labute approximate surface area is 156 Å². The van der Waals surface area contributed by atoms with Gasteiger partial charge in [-0.05, 0) is 31.0 Å². The number of halogens is 1. The fourth-order valence-electron chi connectivity index (χ4n) is 3.28. The van der Waals surface area contributed by atoms with Crippen molar-refractivity contribution in [2.75, 3.05) is 16.8 Å². The highest BCUT2D eigenvalue weighted by atomic mass is 19.1. The van der Waals surface area contributed by atoms with Crippen molar-refractivity contribution in [2.24, 2.45) is 0 Å². The fourth-order valence-corrected chi connectivity index (χ4v) is 3.28. The highest BCUT2D eigenvalue weighted by Gasteiger charge is 2.26. The zero-order valence-corrected chi connectivity index (χ0v) is 14.9. The van der Waals surface area contributed by atoms with E-state index in [0.29, 0.717) is 29.4 Å². The second-order valence-corrected chi connectivity index (χ2v) is 6.47. The molecule has 5 nitrogen and oxygen atoms in total. The third kappa shape index (κ3) is 3.51. The van der Waals surface area contributed by atoms with Crippen LogP contribution in [0.3, 0.4) is 0 Å². The van der Waals surface area contributed by atoms with E-state index < -0.39 is 0 Å². The third-order valence-electron chi connectivity index (χ3n) is 4.61. The fraction of sp³-hybridized carbons (Fsp3) is 0.190. The summed E-state index contributed by atoms with van der Waals surface area (Å²) in [4.78, 5) is 23.4. The molecule has 2 aromatic carbocycles. The van der Waals surface area contributed by atoms with Gasteiger partial charge in [0.2, 0.25) is 0 Å². The molecule has 0 aliphatic carbocycles. The van der Waals surface area contributed by atoms with E-state index in [4.69, 9.17) is 0 Å². The third-order valence-corrected chi connectivity index (χ3v) is 4.61. The first-order valence-electron chi connectivity index (χ1n) is 8.84. The summed E-state index contributed by atoms with van der Waals surface area (Å²) >= 11 is 0. The average molecular weight is 362 g/mol. The molecule has 1 amide bonds. The normalized spacial score (nSPS) is 12.7. The van der Waals surface area contributed by atoms with Gasteiger partial charge in [-0.1, -0.05) is 36.4 Å². The largest absolute Gasteiger partial charge is 0.366 e. The van der Waals surface area contributed by atoms with Crippen LogP contribution in [0.25, 0.3) is 0 Å². The second kappa shape index (κ2) is 7.15. The van der Waals surface area contributed by atoms with E-state index in [2.05, 4.69) is 15.3 Å². The van der Waals surface area contributed by atoms with E-state index >= 15 is 0 Å². The van der Waals surface area contributed by atoms with Crippen molar-refractivity contribution in [3.8, 4) is 0 Å². The topological polar surface area (TPSA) is 58.1 Å². The SMILES string of the molecule is Cc1nc(NCc2ccccc2F)cc(C(=O)N2CCc3ccccc32)n1. The number of benzene rings is 2. The summed E-state index contributed by atoms with van der Waals surface area (Å²) in [5, 5.41) is 3.09. The monoisotopic (exact) mass is 362 g/mol. The highest BCUT2D eigenvalue weighted by Crippen LogP contribution is 2.28. The van der Waals surface area contributed by atoms with Crippen molar-refractivity contribution in [3.05, 3.63) is 83.1 Å². The van der Waals surface area contributed by atoms with Gasteiger partial charge in [-0.15, -0.1) is 0 Å². The molecule has 3 aromatic rings. The number of rotatable bonds is 4. The maximum absolute atomic E-state index is 13.8. The van der Waals surface area contributed by atoms with Gasteiger partial charge in [0.15, 0.2) is 0 Å². The van der Waals surface area contributed by atoms with Crippen molar-refractivity contribution < 1.29 is 9.18 Å². The van der Waals surface area contributed by atoms with Crippen LogP contribution in [0.15, 0.2) is 54.6 Å². The minimum Gasteiger partial charge on any atom is -0.366 e. The Hall–Kier alpha value is -3.28. The lowest BCUT2D eigenvalue weighted by atomic mass is 10.2. The Morgan fingerprint density at radius 2 is 1.93 bits per heavy atom. The molecular formula is C21H19FN4O. The summed E-state index contributed by atoms with van der Waals surface area (Å²) in [7, 11) is 0. The van der Waals surface area contributed by atoms with E-state index in [1.54, 1.807) is 36.1 Å². The van der Waals surface area contributed by atoms with E-state index in [-0.39, 0.29) is 18.3 Å². The summed E-state index contributed by atoms with van der Waals surface area (Å²) in [5.41, 5.74) is 2.96. The first-order chi connectivity index (χ1) is 13.1. The van der Waals surface area contributed by atoms with Gasteiger partial charge in [0.25, 0.3) is 5.91 Å². The first kappa shape index (κ1) is 17.1. The molecule has 0 atom stereocenters. The Bertz CT molecular complexity index is 1000. The molecule has 136 valence electrons. The van der Waals surface area contributed by atoms with Crippen molar-refractivity contribution >= 4 is 17.4 Å². The van der Waals surface area contributed by atoms with E-state index in [9.17, 15) is 9.18 Å². The molecule has 0 radical (unpaired) electrons. The van der Waals surface area contributed by atoms with Crippen LogP contribution in [0.1, 0.15) is 27.4 Å². The molecule has 1 N–H and O–H groups in total. The number of fused-ring (bicyclic) bond motifs is 1. The Morgan fingerprint density at radius 1 is 1.15 bits per heavy atom. The van der Waals surface area contributed by atoms with Crippen molar-refractivity contribution in [2.45, 2.75) is 19.9 Å². The zero-order valence-electron chi connectivity index (χ0n) is 14.9. The van der Waals surface area contributed by atoms with E-state index in [1.165, 1.54) is 6.07 Å². The van der Waals surface area contributed by atoms with Crippen LogP contribution < -0.4 is 10.2 Å². The van der Waals surface area contributed by atoms with E-state index in [1.807, 2.05) is 24.3 Å². The number of hydrogen-bond acceptors (Lipinski definition) is 4. The number of carbonyl (C=O) groups excluding carboxylic acids is 1. The average Bonchev–Trinajstić information content (AvgIpc) is 3.10. The molecule has 1 aliphatic rings. The van der Waals surface area contributed by atoms with Gasteiger partial charge >= 0.3 is 0 Å². The van der Waals surface area contributed by atoms with Crippen LogP contribution in [-0.2, 0) is 13.0 Å². The predicted molar refractivity (Wildman–Crippen MR) is 102 cm³/mol. The Balaban J connectivity index is 1.56. The minimum absolute atomic E-state index is 0.153. The maximum Gasteiger partial charge on any atom is 0.277 e. The van der Waals surface area contributed by atoms with Crippen LogP contribution in [-0.4, -0.2) is 22.4 Å². The number of para-hydroxylation sites is 1. The molecule has 0 unspecified atom stereocenters. The van der Waals surface area contributed by atoms with Gasteiger partial charge in [0.1, 0.15) is 23.2 Å². The molecule has 2 heterocycles. The molecule has 0 saturated carbocycles. The van der Waals surface area contributed by atoms with Crippen molar-refractivity contribution in [1.82, 2.24) is 9.97 Å². The Morgan fingerprint density at radius 3 is 2.78 bits per heavy atom. The summed E-state index contributed by atoms with van der Waals surface area (Å²) in [6.45, 7) is 2.66. The van der Waals surface area contributed by atoms with Crippen LogP contribution in [0.4, 0.5) is 15.9 Å². The molecule has 27 heavy (non-hydrogen) atoms. The Kier molecular flexibility index (Phi) is 4.54. The van der Waals surface area contributed by atoms with Crippen LogP contribution >= 0.6 is 0 Å². The van der Waals surface area contributed by atoms with Crippen molar-refractivity contribution in [3.63, 3.8) is 0 Å². The van der Waals surface area contributed by atoms with Gasteiger partial charge < -0.3 is 10.2 Å². The number of hydrogen-bond donors (Lipinski definition) is 1. The first-order valence-corrected chi connectivity index (χ1v) is 8.84.